The van der Waals surface area contributed by atoms with Gasteiger partial charge in [-0.1, -0.05) is 24.3 Å². The largest absolute Gasteiger partial charge is 0.497 e. The minimum Gasteiger partial charge on any atom is -0.497 e. The summed E-state index contributed by atoms with van der Waals surface area (Å²) in [6.45, 7) is 1.35. The van der Waals surface area contributed by atoms with Crippen LogP contribution < -0.4 is 9.47 Å². The van der Waals surface area contributed by atoms with Crippen LogP contribution in [0.2, 0.25) is 0 Å². The van der Waals surface area contributed by atoms with Gasteiger partial charge in [0.25, 0.3) is 0 Å². The minimum atomic E-state index is -0.710. The van der Waals surface area contributed by atoms with Gasteiger partial charge in [-0.25, -0.2) is 0 Å². The molecule has 1 aliphatic rings. The first-order chi connectivity index (χ1) is 14.1. The van der Waals surface area contributed by atoms with E-state index in [1.165, 1.54) is 0 Å². The number of aliphatic hydroxyl groups is 1. The van der Waals surface area contributed by atoms with Crippen molar-refractivity contribution in [3.63, 3.8) is 0 Å². The van der Waals surface area contributed by atoms with Crippen LogP contribution in [0, 0.1) is 0 Å². The van der Waals surface area contributed by atoms with Crippen LogP contribution in [0.4, 0.5) is 0 Å². The van der Waals surface area contributed by atoms with Crippen molar-refractivity contribution in [1.82, 2.24) is 0 Å². The molecule has 0 radical (unpaired) electrons. The molecule has 3 rings (SSSR count). The van der Waals surface area contributed by atoms with Gasteiger partial charge in [0.15, 0.2) is 0 Å². The van der Waals surface area contributed by atoms with Crippen LogP contribution in [0.1, 0.15) is 11.1 Å². The van der Waals surface area contributed by atoms with Crippen molar-refractivity contribution >= 4 is 11.8 Å². The number of benzene rings is 2. The van der Waals surface area contributed by atoms with Crippen molar-refractivity contribution in [2.24, 2.45) is 0 Å². The molecule has 1 aliphatic heterocycles. The molecule has 0 bridgehead atoms. The average Bonchev–Trinajstić information content (AvgIpc) is 3.07. The highest BCUT2D eigenvalue weighted by Crippen LogP contribution is 2.37. The van der Waals surface area contributed by atoms with Crippen LogP contribution in [0.25, 0.3) is 0 Å². The molecule has 158 valence electrons. The molecule has 1 unspecified atom stereocenters. The fourth-order valence-corrected chi connectivity index (χ4v) is 4.51. The van der Waals surface area contributed by atoms with Crippen molar-refractivity contribution in [2.75, 3.05) is 27.9 Å². The zero-order valence-electron chi connectivity index (χ0n) is 16.9. The van der Waals surface area contributed by atoms with Gasteiger partial charge < -0.3 is 28.8 Å². The topological polar surface area (TPSA) is 66.4 Å². The predicted octanol–water partition coefficient (Wildman–Crippen LogP) is 3.25. The monoisotopic (exact) mass is 420 g/mol. The second-order valence-corrected chi connectivity index (χ2v) is 8.10. The second-order valence-electron chi connectivity index (χ2n) is 6.76. The lowest BCUT2D eigenvalue weighted by atomic mass is 10.1. The van der Waals surface area contributed by atoms with Gasteiger partial charge in [-0.15, -0.1) is 11.8 Å². The third kappa shape index (κ3) is 5.87. The summed E-state index contributed by atoms with van der Waals surface area (Å²) in [5, 5.41) is 10.6. The summed E-state index contributed by atoms with van der Waals surface area (Å²) in [4.78, 5) is 0. The van der Waals surface area contributed by atoms with Gasteiger partial charge >= 0.3 is 0 Å². The first kappa shape index (κ1) is 21.9. The summed E-state index contributed by atoms with van der Waals surface area (Å²) in [6, 6.07) is 15.5. The molecule has 1 N–H and O–H groups in total. The Morgan fingerprint density at radius 3 is 1.90 bits per heavy atom. The van der Waals surface area contributed by atoms with Crippen LogP contribution in [0.15, 0.2) is 48.5 Å². The van der Waals surface area contributed by atoms with Gasteiger partial charge in [-0.05, 0) is 35.4 Å². The van der Waals surface area contributed by atoms with Crippen LogP contribution in [0.3, 0.4) is 0 Å². The van der Waals surface area contributed by atoms with Crippen molar-refractivity contribution in [1.29, 1.82) is 0 Å². The highest BCUT2D eigenvalue weighted by Gasteiger charge is 2.44. The number of hydrogen-bond acceptors (Lipinski definition) is 7. The Bertz CT molecular complexity index is 736. The summed E-state index contributed by atoms with van der Waals surface area (Å²) >= 11 is 1.55. The third-order valence-corrected chi connectivity index (χ3v) is 6.33. The molecule has 0 amide bonds. The van der Waals surface area contributed by atoms with Crippen molar-refractivity contribution in [3.05, 3.63) is 59.7 Å². The molecular weight excluding hydrogens is 392 g/mol. The van der Waals surface area contributed by atoms with E-state index >= 15 is 0 Å². The summed E-state index contributed by atoms with van der Waals surface area (Å²) in [5.74, 6) is 1.62. The van der Waals surface area contributed by atoms with Gasteiger partial charge in [-0.2, -0.15) is 0 Å². The molecule has 0 spiro atoms. The molecule has 0 aliphatic carbocycles. The molecule has 1 fully saturated rings. The lowest BCUT2D eigenvalue weighted by Crippen LogP contribution is -2.37. The third-order valence-electron chi connectivity index (χ3n) is 4.83. The Morgan fingerprint density at radius 2 is 1.38 bits per heavy atom. The molecular formula is C22H28O6S. The predicted molar refractivity (Wildman–Crippen MR) is 112 cm³/mol. The van der Waals surface area contributed by atoms with Gasteiger partial charge in [0.05, 0.1) is 39.3 Å². The number of hydrogen-bond donors (Lipinski definition) is 1. The molecule has 0 saturated carbocycles. The Balaban J connectivity index is 1.54. The highest BCUT2D eigenvalue weighted by molar-refractivity contribution is 8.00. The normalized spacial score (nSPS) is 23.9. The fraction of sp³-hybridized carbons (Fsp3) is 0.455. The average molecular weight is 421 g/mol. The van der Waals surface area contributed by atoms with Crippen molar-refractivity contribution in [3.8, 4) is 11.5 Å². The fourth-order valence-electron chi connectivity index (χ4n) is 3.17. The maximum Gasteiger partial charge on any atom is 0.131 e. The van der Waals surface area contributed by atoms with Gasteiger partial charge in [0.1, 0.15) is 29.1 Å². The molecule has 6 nitrogen and oxygen atoms in total. The summed E-state index contributed by atoms with van der Waals surface area (Å²) in [6.07, 6.45) is -1.08. The van der Waals surface area contributed by atoms with Gasteiger partial charge in [0.2, 0.25) is 0 Å². The maximum absolute atomic E-state index is 10.6. The molecule has 29 heavy (non-hydrogen) atoms. The molecule has 4 atom stereocenters. The van der Waals surface area contributed by atoms with Crippen LogP contribution in [-0.2, 0) is 27.4 Å². The first-order valence-electron chi connectivity index (χ1n) is 9.46. The number of rotatable bonds is 10. The molecule has 2 aromatic rings. The van der Waals surface area contributed by atoms with E-state index in [1.807, 2.05) is 48.5 Å². The second kappa shape index (κ2) is 10.8. The van der Waals surface area contributed by atoms with Crippen LogP contribution in [-0.4, -0.2) is 55.9 Å². The number of methoxy groups -OCH3 is 3. The Kier molecular flexibility index (Phi) is 8.20. The smallest absolute Gasteiger partial charge is 0.131 e. The standard InChI is InChI=1S/C22H28O6S/c1-24-17-8-4-15(5-9-17)12-27-14-19-21(20(23)22(26-3)29-19)28-13-16-6-10-18(25-2)11-7-16/h4-11,19-23H,12-14H2,1-3H3/t19-,20+,21-,22?/m1/s1. The van der Waals surface area contributed by atoms with Gasteiger partial charge in [0, 0.05) is 7.11 Å². The molecule has 0 aromatic heterocycles. The molecule has 2 aromatic carbocycles. The van der Waals surface area contributed by atoms with E-state index in [0.717, 1.165) is 22.6 Å². The van der Waals surface area contributed by atoms with Crippen LogP contribution in [0.5, 0.6) is 11.5 Å². The summed E-state index contributed by atoms with van der Waals surface area (Å²) in [7, 11) is 4.88. The zero-order chi connectivity index (χ0) is 20.6. The molecule has 1 heterocycles. The highest BCUT2D eigenvalue weighted by atomic mass is 32.2. The van der Waals surface area contributed by atoms with E-state index in [4.69, 9.17) is 23.7 Å². The summed E-state index contributed by atoms with van der Waals surface area (Å²) < 4.78 is 27.7. The van der Waals surface area contributed by atoms with E-state index in [0.29, 0.717) is 19.8 Å². The Morgan fingerprint density at radius 1 is 0.828 bits per heavy atom. The first-order valence-corrected chi connectivity index (χ1v) is 10.4. The minimum absolute atomic E-state index is 0.0218. The van der Waals surface area contributed by atoms with Gasteiger partial charge in [-0.3, -0.25) is 0 Å². The number of aliphatic hydroxyl groups excluding tert-OH is 1. The van der Waals surface area contributed by atoms with E-state index in [2.05, 4.69) is 0 Å². The molecule has 7 heteroatoms. The van der Waals surface area contributed by atoms with Crippen LogP contribution >= 0.6 is 11.8 Å². The van der Waals surface area contributed by atoms with Crippen molar-refractivity contribution in [2.45, 2.75) is 36.1 Å². The van der Waals surface area contributed by atoms with E-state index in [1.54, 1.807) is 33.1 Å². The quantitative estimate of drug-likeness (QED) is 0.633. The van der Waals surface area contributed by atoms with E-state index < -0.39 is 6.10 Å². The lowest BCUT2D eigenvalue weighted by Gasteiger charge is -2.22. The Hall–Kier alpha value is -1.77. The maximum atomic E-state index is 10.6. The van der Waals surface area contributed by atoms with E-state index in [9.17, 15) is 5.11 Å². The SMILES string of the molecule is COc1ccc(COC[C@H]2SC(OC)[C@@H](O)[C@@H]2OCc2ccc(OC)cc2)cc1. The zero-order valence-corrected chi connectivity index (χ0v) is 17.8. The van der Waals surface area contributed by atoms with Crippen molar-refractivity contribution < 1.29 is 28.8 Å². The number of ether oxygens (including phenoxy) is 5. The molecule has 1 saturated heterocycles. The lowest BCUT2D eigenvalue weighted by molar-refractivity contribution is -0.0767. The number of thioether (sulfide) groups is 1. The summed E-state index contributed by atoms with van der Waals surface area (Å²) in [5.41, 5.74) is 1.75. The van der Waals surface area contributed by atoms with E-state index in [-0.39, 0.29) is 16.8 Å². The Labute approximate surface area is 176 Å².